The minimum Gasteiger partial charge on any atom is -0.481 e. The van der Waals surface area contributed by atoms with Crippen molar-refractivity contribution in [2.45, 2.75) is 19.5 Å². The van der Waals surface area contributed by atoms with E-state index in [2.05, 4.69) is 49.8 Å². The maximum absolute atomic E-state index is 13.0. The van der Waals surface area contributed by atoms with Crippen molar-refractivity contribution in [3.05, 3.63) is 77.1 Å². The van der Waals surface area contributed by atoms with Crippen molar-refractivity contribution < 1.29 is 9.13 Å². The van der Waals surface area contributed by atoms with Gasteiger partial charge in [0.15, 0.2) is 5.11 Å². The molecule has 154 valence electrons. The first-order chi connectivity index (χ1) is 14.6. The van der Waals surface area contributed by atoms with Crippen LogP contribution in [0.25, 0.3) is 0 Å². The lowest BCUT2D eigenvalue weighted by molar-refractivity contribution is 0.397. The lowest BCUT2D eigenvalue weighted by Gasteiger charge is -2.30. The maximum atomic E-state index is 13.0. The fourth-order valence-corrected chi connectivity index (χ4v) is 3.52. The van der Waals surface area contributed by atoms with Crippen molar-refractivity contribution in [1.29, 1.82) is 0 Å². The van der Waals surface area contributed by atoms with Crippen LogP contribution in [0.2, 0.25) is 0 Å². The molecule has 8 heteroatoms. The highest BCUT2D eigenvalue weighted by Gasteiger charge is 2.19. The van der Waals surface area contributed by atoms with Crippen molar-refractivity contribution in [1.82, 2.24) is 15.3 Å². The van der Waals surface area contributed by atoms with E-state index in [4.69, 9.17) is 17.0 Å². The summed E-state index contributed by atoms with van der Waals surface area (Å²) in [6, 6.07) is 16.5. The molecule has 0 atom stereocenters. The number of anilines is 2. The molecule has 2 aromatic carbocycles. The molecule has 0 bridgehead atoms. The van der Waals surface area contributed by atoms with Gasteiger partial charge in [0, 0.05) is 25.7 Å². The third kappa shape index (κ3) is 4.83. The van der Waals surface area contributed by atoms with Gasteiger partial charge in [-0.3, -0.25) is 0 Å². The number of benzene rings is 2. The smallest absolute Gasteiger partial charge is 0.234 e. The van der Waals surface area contributed by atoms with Gasteiger partial charge in [0.1, 0.15) is 11.6 Å². The van der Waals surface area contributed by atoms with Crippen molar-refractivity contribution in [3.63, 3.8) is 0 Å². The minimum atomic E-state index is -0.267. The minimum absolute atomic E-state index is 0.267. The normalized spacial score (nSPS) is 12.8. The average molecular weight is 424 g/mol. The zero-order valence-electron chi connectivity index (χ0n) is 16.6. The Bertz CT molecular complexity index is 1040. The predicted octanol–water partition coefficient (Wildman–Crippen LogP) is 3.67. The maximum Gasteiger partial charge on any atom is 0.234 e. The van der Waals surface area contributed by atoms with Crippen LogP contribution in [0.15, 0.2) is 54.6 Å². The van der Waals surface area contributed by atoms with Crippen LogP contribution in [-0.2, 0) is 19.5 Å². The first-order valence-electron chi connectivity index (χ1n) is 9.65. The molecule has 0 saturated heterocycles. The number of hydrogen-bond donors (Lipinski definition) is 2. The number of nitrogens with one attached hydrogen (secondary N) is 2. The predicted molar refractivity (Wildman–Crippen MR) is 119 cm³/mol. The van der Waals surface area contributed by atoms with Gasteiger partial charge in [0.05, 0.1) is 7.11 Å². The molecule has 0 aliphatic carbocycles. The molecule has 0 fully saturated rings. The Balaban J connectivity index is 1.45. The molecular formula is C22H22FN5OS. The van der Waals surface area contributed by atoms with E-state index in [1.165, 1.54) is 23.3 Å². The molecule has 1 aliphatic rings. The molecule has 30 heavy (non-hydrogen) atoms. The van der Waals surface area contributed by atoms with E-state index in [0.717, 1.165) is 30.9 Å². The molecule has 0 amide bonds. The summed E-state index contributed by atoms with van der Waals surface area (Å²) in [5, 5.41) is 6.47. The highest BCUT2D eigenvalue weighted by molar-refractivity contribution is 7.80. The summed E-state index contributed by atoms with van der Waals surface area (Å²) in [5.41, 5.74) is 3.59. The number of halogens is 1. The quantitative estimate of drug-likeness (QED) is 0.607. The summed E-state index contributed by atoms with van der Waals surface area (Å²) in [4.78, 5) is 11.2. The second-order valence-electron chi connectivity index (χ2n) is 6.97. The largest absolute Gasteiger partial charge is 0.481 e. The number of methoxy groups -OCH3 is 1. The Hall–Kier alpha value is -3.26. The highest BCUT2D eigenvalue weighted by atomic mass is 32.1. The molecule has 0 radical (unpaired) electrons. The standard InChI is InChI=1S/C22H22FN5OS/c1-29-20-12-19(28-11-10-16-4-2-3-5-17(16)14-28)25-21(26-20)27-22(30)24-13-15-6-8-18(23)9-7-15/h2-9,12H,10-11,13-14H2,1H3,(H2,24,25,26,27,30). The van der Waals surface area contributed by atoms with Crippen molar-refractivity contribution in [3.8, 4) is 5.88 Å². The Morgan fingerprint density at radius 2 is 1.90 bits per heavy atom. The summed E-state index contributed by atoms with van der Waals surface area (Å²) in [6.07, 6.45) is 0.961. The van der Waals surface area contributed by atoms with Gasteiger partial charge in [-0.05, 0) is 47.5 Å². The van der Waals surface area contributed by atoms with Crippen LogP contribution in [0, 0.1) is 5.82 Å². The summed E-state index contributed by atoms with van der Waals surface area (Å²) in [5.74, 6) is 1.33. The number of fused-ring (bicyclic) bond motifs is 1. The molecular weight excluding hydrogens is 401 g/mol. The lowest BCUT2D eigenvalue weighted by Crippen LogP contribution is -2.32. The SMILES string of the molecule is COc1cc(N2CCc3ccccc3C2)nc(NC(=S)NCc2ccc(F)cc2)n1. The van der Waals surface area contributed by atoms with Crippen LogP contribution in [0.4, 0.5) is 16.2 Å². The molecule has 2 heterocycles. The van der Waals surface area contributed by atoms with E-state index in [1.807, 2.05) is 6.07 Å². The van der Waals surface area contributed by atoms with E-state index in [9.17, 15) is 4.39 Å². The van der Waals surface area contributed by atoms with Crippen molar-refractivity contribution in [2.24, 2.45) is 0 Å². The first-order valence-corrected chi connectivity index (χ1v) is 10.1. The van der Waals surface area contributed by atoms with Crippen LogP contribution >= 0.6 is 12.2 Å². The Labute approximate surface area is 180 Å². The number of aromatic nitrogens is 2. The van der Waals surface area contributed by atoms with Gasteiger partial charge in [-0.25, -0.2) is 4.39 Å². The van der Waals surface area contributed by atoms with E-state index in [1.54, 1.807) is 19.2 Å². The van der Waals surface area contributed by atoms with E-state index in [0.29, 0.717) is 23.5 Å². The van der Waals surface area contributed by atoms with Gasteiger partial charge in [-0.2, -0.15) is 9.97 Å². The summed E-state index contributed by atoms with van der Waals surface area (Å²) in [6.45, 7) is 2.11. The zero-order chi connectivity index (χ0) is 20.9. The molecule has 6 nitrogen and oxygen atoms in total. The molecule has 2 N–H and O–H groups in total. The van der Waals surface area contributed by atoms with Crippen LogP contribution in [0.5, 0.6) is 5.88 Å². The number of rotatable bonds is 5. The Morgan fingerprint density at radius 3 is 2.67 bits per heavy atom. The summed E-state index contributed by atoms with van der Waals surface area (Å²) in [7, 11) is 1.58. The van der Waals surface area contributed by atoms with Gasteiger partial charge >= 0.3 is 0 Å². The fraction of sp³-hybridized carbons (Fsp3) is 0.227. The van der Waals surface area contributed by atoms with Crippen LogP contribution in [0.1, 0.15) is 16.7 Å². The number of hydrogen-bond acceptors (Lipinski definition) is 5. The summed E-state index contributed by atoms with van der Waals surface area (Å²) >= 11 is 5.36. The van der Waals surface area contributed by atoms with Crippen LogP contribution in [0.3, 0.4) is 0 Å². The van der Waals surface area contributed by atoms with Gasteiger partial charge in [0.25, 0.3) is 0 Å². The second-order valence-corrected chi connectivity index (χ2v) is 7.37. The molecule has 3 aromatic rings. The zero-order valence-corrected chi connectivity index (χ0v) is 17.4. The molecule has 0 spiro atoms. The molecule has 1 aliphatic heterocycles. The summed E-state index contributed by atoms with van der Waals surface area (Å²) < 4.78 is 18.4. The lowest BCUT2D eigenvalue weighted by atomic mass is 10.00. The fourth-order valence-electron chi connectivity index (χ4n) is 3.36. The van der Waals surface area contributed by atoms with E-state index in [-0.39, 0.29) is 5.82 Å². The number of thiocarbonyl (C=S) groups is 1. The van der Waals surface area contributed by atoms with Gasteiger partial charge < -0.3 is 20.3 Å². The van der Waals surface area contributed by atoms with Crippen molar-refractivity contribution >= 4 is 29.1 Å². The molecule has 4 rings (SSSR count). The average Bonchev–Trinajstić information content (AvgIpc) is 2.78. The Kier molecular flexibility index (Phi) is 6.04. The third-order valence-electron chi connectivity index (χ3n) is 4.94. The molecule has 1 aromatic heterocycles. The number of nitrogens with zero attached hydrogens (tertiary/aromatic N) is 3. The van der Waals surface area contributed by atoms with Gasteiger partial charge in [-0.15, -0.1) is 0 Å². The van der Waals surface area contributed by atoms with Crippen LogP contribution in [-0.4, -0.2) is 28.7 Å². The number of ether oxygens (including phenoxy) is 1. The third-order valence-corrected chi connectivity index (χ3v) is 5.19. The van der Waals surface area contributed by atoms with Crippen molar-refractivity contribution in [2.75, 3.05) is 23.9 Å². The molecule has 0 saturated carbocycles. The van der Waals surface area contributed by atoms with E-state index >= 15 is 0 Å². The Morgan fingerprint density at radius 1 is 1.13 bits per heavy atom. The van der Waals surface area contributed by atoms with Gasteiger partial charge in [-0.1, -0.05) is 36.4 Å². The second kappa shape index (κ2) is 9.04. The monoisotopic (exact) mass is 423 g/mol. The topological polar surface area (TPSA) is 62.3 Å². The van der Waals surface area contributed by atoms with Crippen LogP contribution < -0.4 is 20.3 Å². The first kappa shape index (κ1) is 20.0. The van der Waals surface area contributed by atoms with E-state index < -0.39 is 0 Å². The molecule has 0 unspecified atom stereocenters. The highest BCUT2D eigenvalue weighted by Crippen LogP contribution is 2.26. The van der Waals surface area contributed by atoms with Gasteiger partial charge in [0.2, 0.25) is 11.8 Å².